The van der Waals surface area contributed by atoms with Crippen LogP contribution in [0.2, 0.25) is 0 Å². The second kappa shape index (κ2) is 6.30. The van der Waals surface area contributed by atoms with Gasteiger partial charge in [-0.1, -0.05) is 18.2 Å². The summed E-state index contributed by atoms with van der Waals surface area (Å²) < 4.78 is 10.7. The van der Waals surface area contributed by atoms with Crippen molar-refractivity contribution in [2.45, 2.75) is 6.42 Å². The van der Waals surface area contributed by atoms with Crippen molar-refractivity contribution in [3.63, 3.8) is 0 Å². The lowest BCUT2D eigenvalue weighted by Gasteiger charge is -2.05. The number of rotatable bonds is 5. The van der Waals surface area contributed by atoms with Crippen LogP contribution in [0.1, 0.15) is 16.2 Å². The summed E-state index contributed by atoms with van der Waals surface area (Å²) in [5.74, 6) is 1.13. The average Bonchev–Trinajstić information content (AvgIpc) is 2.97. The number of fused-ring (bicyclic) bond motifs is 1. The maximum Gasteiger partial charge on any atom is 0.251 e. The molecule has 5 nitrogen and oxygen atoms in total. The van der Waals surface area contributed by atoms with Crippen LogP contribution in [0.3, 0.4) is 0 Å². The van der Waals surface area contributed by atoms with Crippen LogP contribution >= 0.6 is 0 Å². The molecule has 2 aromatic carbocycles. The molecule has 5 heteroatoms. The van der Waals surface area contributed by atoms with Crippen LogP contribution in [0.4, 0.5) is 0 Å². The Morgan fingerprint density at radius 3 is 2.91 bits per heavy atom. The van der Waals surface area contributed by atoms with Gasteiger partial charge in [-0.15, -0.1) is 0 Å². The van der Waals surface area contributed by atoms with Crippen LogP contribution in [0, 0.1) is 0 Å². The first-order valence-corrected chi connectivity index (χ1v) is 7.03. The van der Waals surface area contributed by atoms with E-state index in [4.69, 9.17) is 9.15 Å². The van der Waals surface area contributed by atoms with E-state index in [1.54, 1.807) is 31.4 Å². The number of oxazole rings is 1. The van der Waals surface area contributed by atoms with Crippen LogP contribution in [0.25, 0.3) is 11.1 Å². The van der Waals surface area contributed by atoms with Gasteiger partial charge in [0.1, 0.15) is 11.3 Å². The molecule has 0 aliphatic rings. The molecule has 0 unspecified atom stereocenters. The van der Waals surface area contributed by atoms with Crippen molar-refractivity contribution in [1.82, 2.24) is 10.3 Å². The summed E-state index contributed by atoms with van der Waals surface area (Å²) in [6, 6.07) is 14.6. The fourth-order valence-electron chi connectivity index (χ4n) is 2.18. The molecule has 3 rings (SSSR count). The fraction of sp³-hybridized carbons (Fsp3) is 0.176. The number of para-hydroxylation sites is 2. The Labute approximate surface area is 127 Å². The largest absolute Gasteiger partial charge is 0.497 e. The molecular formula is C17H16N2O3. The van der Waals surface area contributed by atoms with Crippen LogP contribution in [-0.4, -0.2) is 24.5 Å². The summed E-state index contributed by atoms with van der Waals surface area (Å²) in [6.45, 7) is 0.461. The molecule has 0 saturated heterocycles. The smallest absolute Gasteiger partial charge is 0.251 e. The van der Waals surface area contributed by atoms with Crippen LogP contribution in [0.5, 0.6) is 5.75 Å². The molecule has 1 heterocycles. The molecular weight excluding hydrogens is 280 g/mol. The van der Waals surface area contributed by atoms with Gasteiger partial charge in [0.2, 0.25) is 0 Å². The molecule has 0 atom stereocenters. The number of hydrogen-bond donors (Lipinski definition) is 1. The molecule has 3 aromatic rings. The highest BCUT2D eigenvalue weighted by atomic mass is 16.5. The van der Waals surface area contributed by atoms with Gasteiger partial charge in [0, 0.05) is 18.5 Å². The molecule has 0 aliphatic carbocycles. The van der Waals surface area contributed by atoms with Crippen LogP contribution < -0.4 is 10.1 Å². The molecule has 22 heavy (non-hydrogen) atoms. The van der Waals surface area contributed by atoms with Gasteiger partial charge in [0.25, 0.3) is 5.91 Å². The molecule has 0 saturated carbocycles. The van der Waals surface area contributed by atoms with E-state index in [9.17, 15) is 4.79 Å². The van der Waals surface area contributed by atoms with E-state index in [-0.39, 0.29) is 5.91 Å². The first-order valence-electron chi connectivity index (χ1n) is 7.03. The van der Waals surface area contributed by atoms with Gasteiger partial charge in [-0.05, 0) is 30.3 Å². The molecule has 0 aliphatic heterocycles. The second-order valence-corrected chi connectivity index (χ2v) is 4.81. The topological polar surface area (TPSA) is 64.4 Å². The molecule has 1 N–H and O–H groups in total. The van der Waals surface area contributed by atoms with Gasteiger partial charge in [0.15, 0.2) is 11.5 Å². The summed E-state index contributed by atoms with van der Waals surface area (Å²) >= 11 is 0. The van der Waals surface area contributed by atoms with Crippen LogP contribution in [-0.2, 0) is 6.42 Å². The molecule has 112 valence electrons. The normalized spacial score (nSPS) is 10.6. The summed E-state index contributed by atoms with van der Waals surface area (Å²) in [5.41, 5.74) is 2.16. The van der Waals surface area contributed by atoms with Gasteiger partial charge < -0.3 is 14.5 Å². The predicted octanol–water partition coefficient (Wildman–Crippen LogP) is 2.81. The third-order valence-electron chi connectivity index (χ3n) is 3.29. The number of hydrogen-bond acceptors (Lipinski definition) is 4. The predicted molar refractivity (Wildman–Crippen MR) is 83.0 cm³/mol. The highest BCUT2D eigenvalue weighted by molar-refractivity contribution is 5.94. The number of nitrogens with zero attached hydrogens (tertiary/aromatic N) is 1. The number of aromatic nitrogens is 1. The molecule has 1 amide bonds. The Hall–Kier alpha value is -2.82. The highest BCUT2D eigenvalue weighted by Gasteiger charge is 2.08. The van der Waals surface area contributed by atoms with E-state index in [0.29, 0.717) is 30.2 Å². The van der Waals surface area contributed by atoms with E-state index in [1.807, 2.05) is 24.3 Å². The van der Waals surface area contributed by atoms with Crippen molar-refractivity contribution in [2.24, 2.45) is 0 Å². The van der Waals surface area contributed by atoms with Crippen LogP contribution in [0.15, 0.2) is 52.9 Å². The number of methoxy groups -OCH3 is 1. The third-order valence-corrected chi connectivity index (χ3v) is 3.29. The number of amides is 1. The first kappa shape index (κ1) is 14.1. The summed E-state index contributed by atoms with van der Waals surface area (Å²) in [7, 11) is 1.57. The van der Waals surface area contributed by atoms with Gasteiger partial charge >= 0.3 is 0 Å². The van der Waals surface area contributed by atoms with E-state index in [2.05, 4.69) is 10.3 Å². The highest BCUT2D eigenvalue weighted by Crippen LogP contribution is 2.15. The van der Waals surface area contributed by atoms with E-state index < -0.39 is 0 Å². The fourth-order valence-corrected chi connectivity index (χ4v) is 2.18. The lowest BCUT2D eigenvalue weighted by atomic mass is 10.2. The average molecular weight is 296 g/mol. The van der Waals surface area contributed by atoms with Gasteiger partial charge in [-0.2, -0.15) is 0 Å². The van der Waals surface area contributed by atoms with Crippen molar-refractivity contribution >= 4 is 17.0 Å². The summed E-state index contributed by atoms with van der Waals surface area (Å²) in [5, 5.41) is 2.85. The summed E-state index contributed by atoms with van der Waals surface area (Å²) in [6.07, 6.45) is 0.546. The maximum atomic E-state index is 12.1. The van der Waals surface area contributed by atoms with E-state index in [1.165, 1.54) is 0 Å². The van der Waals surface area contributed by atoms with Crippen molar-refractivity contribution in [2.75, 3.05) is 13.7 Å². The number of ether oxygens (including phenoxy) is 1. The Morgan fingerprint density at radius 1 is 1.23 bits per heavy atom. The Bertz CT molecular complexity index is 762. The Balaban J connectivity index is 1.59. The SMILES string of the molecule is COc1cccc(C(=O)NCCc2nc3ccccc3o2)c1. The minimum Gasteiger partial charge on any atom is -0.497 e. The Morgan fingerprint density at radius 2 is 2.09 bits per heavy atom. The second-order valence-electron chi connectivity index (χ2n) is 4.81. The van der Waals surface area contributed by atoms with Crippen molar-refractivity contribution in [3.05, 3.63) is 60.0 Å². The van der Waals surface area contributed by atoms with Crippen molar-refractivity contribution in [3.8, 4) is 5.75 Å². The number of carbonyl (C=O) groups is 1. The first-order chi connectivity index (χ1) is 10.8. The van der Waals surface area contributed by atoms with Crippen molar-refractivity contribution in [1.29, 1.82) is 0 Å². The number of nitrogens with one attached hydrogen (secondary N) is 1. The number of benzene rings is 2. The lowest BCUT2D eigenvalue weighted by Crippen LogP contribution is -2.25. The van der Waals surface area contributed by atoms with Gasteiger partial charge in [-0.25, -0.2) is 4.98 Å². The zero-order valence-electron chi connectivity index (χ0n) is 12.2. The lowest BCUT2D eigenvalue weighted by molar-refractivity contribution is 0.0953. The molecule has 0 radical (unpaired) electrons. The van der Waals surface area contributed by atoms with Gasteiger partial charge in [-0.3, -0.25) is 4.79 Å². The summed E-state index contributed by atoms with van der Waals surface area (Å²) in [4.78, 5) is 16.4. The monoisotopic (exact) mass is 296 g/mol. The minimum atomic E-state index is -0.144. The quantitative estimate of drug-likeness (QED) is 0.786. The van der Waals surface area contributed by atoms with Crippen molar-refractivity contribution < 1.29 is 13.9 Å². The number of carbonyl (C=O) groups excluding carboxylic acids is 1. The van der Waals surface area contributed by atoms with Gasteiger partial charge in [0.05, 0.1) is 7.11 Å². The molecule has 0 bridgehead atoms. The molecule has 1 aromatic heterocycles. The molecule has 0 fully saturated rings. The minimum absolute atomic E-state index is 0.144. The molecule has 0 spiro atoms. The zero-order chi connectivity index (χ0) is 15.4. The maximum absolute atomic E-state index is 12.1. The third kappa shape index (κ3) is 3.09. The zero-order valence-corrected chi connectivity index (χ0v) is 12.2. The van der Waals surface area contributed by atoms with E-state index >= 15 is 0 Å². The standard InChI is InChI=1S/C17H16N2O3/c1-21-13-6-4-5-12(11-13)17(20)18-10-9-16-19-14-7-2-3-8-15(14)22-16/h2-8,11H,9-10H2,1H3,(H,18,20). The van der Waals surface area contributed by atoms with E-state index in [0.717, 1.165) is 11.1 Å². The Kier molecular flexibility index (Phi) is 4.05.